The molecule has 2 atom stereocenters. The van der Waals surface area contributed by atoms with Crippen molar-refractivity contribution in [2.75, 3.05) is 12.4 Å². The van der Waals surface area contributed by atoms with Crippen molar-refractivity contribution in [3.63, 3.8) is 0 Å². The lowest BCUT2D eigenvalue weighted by Crippen LogP contribution is -2.15. The largest absolute Gasteiger partial charge is 0.396 e. The average Bonchev–Trinajstić information content (AvgIpc) is 2.26. The Hall–Kier alpha value is -0.580. The summed E-state index contributed by atoms with van der Waals surface area (Å²) in [6.45, 7) is 2.25. The highest BCUT2D eigenvalue weighted by Gasteiger charge is 2.09. The molecular weight excluding hydrogens is 225 g/mol. The molecule has 90 valence electrons. The summed E-state index contributed by atoms with van der Waals surface area (Å²) in [6, 6.07) is 6.25. The Labute approximate surface area is 100 Å². The zero-order valence-electron chi connectivity index (χ0n) is 9.40. The van der Waals surface area contributed by atoms with Crippen LogP contribution in [0.25, 0.3) is 0 Å². The molecule has 0 fully saturated rings. The molecule has 1 aromatic carbocycles. The minimum atomic E-state index is -0.249. The molecule has 3 N–H and O–H groups in total. The molecule has 0 saturated carbocycles. The van der Waals surface area contributed by atoms with E-state index in [2.05, 4.69) is 6.92 Å². The van der Waals surface area contributed by atoms with Gasteiger partial charge in [0.05, 0.1) is 0 Å². The third-order valence-corrected chi connectivity index (χ3v) is 3.73. The monoisotopic (exact) mass is 243 g/mol. The summed E-state index contributed by atoms with van der Waals surface area (Å²) < 4.78 is 13.0. The van der Waals surface area contributed by atoms with E-state index in [0.717, 1.165) is 17.7 Å². The summed E-state index contributed by atoms with van der Waals surface area (Å²) >= 11 is 1.70. The summed E-state index contributed by atoms with van der Waals surface area (Å²) in [5.41, 5.74) is 6.78. The quantitative estimate of drug-likeness (QED) is 0.806. The Kier molecular flexibility index (Phi) is 5.80. The van der Waals surface area contributed by atoms with Crippen molar-refractivity contribution in [3.05, 3.63) is 35.6 Å². The highest BCUT2D eigenvalue weighted by molar-refractivity contribution is 7.99. The number of benzene rings is 1. The minimum absolute atomic E-state index is 0.151. The standard InChI is InChI=1S/C12H18FNOS/c1-9(5-6-15)16-8-12(14)10-3-2-4-11(13)7-10/h2-4,7,9,12,15H,5-6,8,14H2,1H3. The molecule has 0 heterocycles. The van der Waals surface area contributed by atoms with Crippen molar-refractivity contribution in [2.24, 2.45) is 5.73 Å². The Balaban J connectivity index is 2.43. The molecule has 16 heavy (non-hydrogen) atoms. The summed E-state index contributed by atoms with van der Waals surface area (Å²) in [5, 5.41) is 9.14. The molecule has 0 radical (unpaired) electrons. The Morgan fingerprint density at radius 1 is 1.50 bits per heavy atom. The summed E-state index contributed by atoms with van der Waals surface area (Å²) in [4.78, 5) is 0. The van der Waals surface area contributed by atoms with Gasteiger partial charge in [0.1, 0.15) is 5.82 Å². The molecule has 4 heteroatoms. The second-order valence-electron chi connectivity index (χ2n) is 3.82. The molecule has 0 aliphatic carbocycles. The second kappa shape index (κ2) is 6.89. The fourth-order valence-corrected chi connectivity index (χ4v) is 2.37. The first kappa shape index (κ1) is 13.5. The molecule has 0 aromatic heterocycles. The van der Waals surface area contributed by atoms with Crippen LogP contribution in [-0.2, 0) is 0 Å². The first-order chi connectivity index (χ1) is 7.63. The second-order valence-corrected chi connectivity index (χ2v) is 5.29. The van der Waals surface area contributed by atoms with E-state index in [1.807, 2.05) is 6.07 Å². The van der Waals surface area contributed by atoms with Crippen molar-refractivity contribution in [2.45, 2.75) is 24.6 Å². The summed E-state index contributed by atoms with van der Waals surface area (Å²) in [7, 11) is 0. The van der Waals surface area contributed by atoms with Gasteiger partial charge < -0.3 is 10.8 Å². The lowest BCUT2D eigenvalue weighted by Gasteiger charge is -2.15. The lowest BCUT2D eigenvalue weighted by molar-refractivity contribution is 0.289. The van der Waals surface area contributed by atoms with Gasteiger partial charge in [0.2, 0.25) is 0 Å². The number of aliphatic hydroxyl groups excluding tert-OH is 1. The van der Waals surface area contributed by atoms with Crippen LogP contribution in [0.15, 0.2) is 24.3 Å². The van der Waals surface area contributed by atoms with E-state index in [1.54, 1.807) is 17.8 Å². The van der Waals surface area contributed by atoms with Crippen LogP contribution in [0.2, 0.25) is 0 Å². The molecule has 0 saturated heterocycles. The highest BCUT2D eigenvalue weighted by atomic mass is 32.2. The van der Waals surface area contributed by atoms with Crippen molar-refractivity contribution in [3.8, 4) is 0 Å². The average molecular weight is 243 g/mol. The fourth-order valence-electron chi connectivity index (χ4n) is 1.37. The molecule has 0 aliphatic rings. The van der Waals surface area contributed by atoms with E-state index in [4.69, 9.17) is 10.8 Å². The topological polar surface area (TPSA) is 46.2 Å². The Bertz CT molecular complexity index is 322. The van der Waals surface area contributed by atoms with Gasteiger partial charge in [0, 0.05) is 23.7 Å². The van der Waals surface area contributed by atoms with Crippen molar-refractivity contribution >= 4 is 11.8 Å². The fraction of sp³-hybridized carbons (Fsp3) is 0.500. The van der Waals surface area contributed by atoms with Crippen LogP contribution < -0.4 is 5.73 Å². The van der Waals surface area contributed by atoms with Crippen LogP contribution in [0.3, 0.4) is 0 Å². The lowest BCUT2D eigenvalue weighted by atomic mass is 10.1. The molecule has 2 nitrogen and oxygen atoms in total. The van der Waals surface area contributed by atoms with Gasteiger partial charge in [-0.15, -0.1) is 0 Å². The van der Waals surface area contributed by atoms with E-state index >= 15 is 0 Å². The Morgan fingerprint density at radius 3 is 2.88 bits per heavy atom. The number of thioether (sulfide) groups is 1. The number of hydrogen-bond acceptors (Lipinski definition) is 3. The van der Waals surface area contributed by atoms with Gasteiger partial charge in [-0.1, -0.05) is 19.1 Å². The van der Waals surface area contributed by atoms with Crippen LogP contribution in [-0.4, -0.2) is 22.7 Å². The zero-order valence-corrected chi connectivity index (χ0v) is 10.2. The molecule has 0 bridgehead atoms. The van der Waals surface area contributed by atoms with Gasteiger partial charge in [-0.3, -0.25) is 0 Å². The molecular formula is C12H18FNOS. The van der Waals surface area contributed by atoms with Crippen LogP contribution in [0.4, 0.5) is 4.39 Å². The summed E-state index contributed by atoms with van der Waals surface area (Å²) in [5.74, 6) is 0.492. The SMILES string of the molecule is CC(CCO)SCC(N)c1cccc(F)c1. The van der Waals surface area contributed by atoms with Crippen LogP contribution >= 0.6 is 11.8 Å². The van der Waals surface area contributed by atoms with Gasteiger partial charge >= 0.3 is 0 Å². The van der Waals surface area contributed by atoms with E-state index in [-0.39, 0.29) is 18.5 Å². The predicted molar refractivity (Wildman–Crippen MR) is 67.0 cm³/mol. The van der Waals surface area contributed by atoms with Gasteiger partial charge in [-0.05, 0) is 24.1 Å². The maximum Gasteiger partial charge on any atom is 0.123 e. The smallest absolute Gasteiger partial charge is 0.123 e. The van der Waals surface area contributed by atoms with Crippen molar-refractivity contribution in [1.29, 1.82) is 0 Å². The van der Waals surface area contributed by atoms with E-state index in [1.165, 1.54) is 12.1 Å². The molecule has 0 amide bonds. The van der Waals surface area contributed by atoms with E-state index in [0.29, 0.717) is 5.25 Å². The van der Waals surface area contributed by atoms with Crippen LogP contribution in [0.1, 0.15) is 24.9 Å². The number of hydrogen-bond donors (Lipinski definition) is 2. The number of aliphatic hydroxyl groups is 1. The summed E-state index contributed by atoms with van der Waals surface area (Å²) in [6.07, 6.45) is 0.764. The van der Waals surface area contributed by atoms with Gasteiger partial charge in [0.15, 0.2) is 0 Å². The molecule has 2 unspecified atom stereocenters. The van der Waals surface area contributed by atoms with E-state index < -0.39 is 0 Å². The zero-order chi connectivity index (χ0) is 12.0. The molecule has 1 aromatic rings. The van der Waals surface area contributed by atoms with E-state index in [9.17, 15) is 4.39 Å². The predicted octanol–water partition coefficient (Wildman–Crippen LogP) is 2.33. The van der Waals surface area contributed by atoms with Crippen LogP contribution in [0.5, 0.6) is 0 Å². The molecule has 0 aliphatic heterocycles. The minimum Gasteiger partial charge on any atom is -0.396 e. The highest BCUT2D eigenvalue weighted by Crippen LogP contribution is 2.21. The van der Waals surface area contributed by atoms with Gasteiger partial charge in [-0.25, -0.2) is 4.39 Å². The maximum absolute atomic E-state index is 13.0. The first-order valence-electron chi connectivity index (χ1n) is 5.37. The van der Waals surface area contributed by atoms with Crippen molar-refractivity contribution < 1.29 is 9.50 Å². The Morgan fingerprint density at radius 2 is 2.25 bits per heavy atom. The third-order valence-electron chi connectivity index (χ3n) is 2.37. The molecule has 1 rings (SSSR count). The first-order valence-corrected chi connectivity index (χ1v) is 6.42. The van der Waals surface area contributed by atoms with Gasteiger partial charge in [0.25, 0.3) is 0 Å². The number of rotatable bonds is 6. The normalized spacial score (nSPS) is 14.8. The van der Waals surface area contributed by atoms with Gasteiger partial charge in [-0.2, -0.15) is 11.8 Å². The van der Waals surface area contributed by atoms with Crippen LogP contribution in [0, 0.1) is 5.82 Å². The van der Waals surface area contributed by atoms with Crippen molar-refractivity contribution in [1.82, 2.24) is 0 Å². The third kappa shape index (κ3) is 4.51. The number of nitrogens with two attached hydrogens (primary N) is 1. The maximum atomic E-state index is 13.0. The number of halogens is 1. The molecule has 0 spiro atoms.